The zero-order valence-corrected chi connectivity index (χ0v) is 15.7. The van der Waals surface area contributed by atoms with E-state index in [1.807, 2.05) is 6.20 Å². The van der Waals surface area contributed by atoms with Gasteiger partial charge in [0.1, 0.15) is 0 Å². The maximum Gasteiger partial charge on any atom is 0.191 e. The van der Waals surface area contributed by atoms with Crippen LogP contribution in [0.3, 0.4) is 0 Å². The molecule has 5 heteroatoms. The standard InChI is InChI=1S/C20H24N4S/c1-14-13-23-19(25-14)10-11-22-20(21-3)24-15(2)17-9-8-16-6-4-5-7-18(16)12-17/h4-9,12-13,15H,10-11H2,1-3H3,(H2,21,22,24). The minimum Gasteiger partial charge on any atom is -0.356 e. The van der Waals surface area contributed by atoms with Gasteiger partial charge in [-0.25, -0.2) is 4.98 Å². The van der Waals surface area contributed by atoms with Gasteiger partial charge in [0.15, 0.2) is 5.96 Å². The molecule has 1 atom stereocenters. The first-order valence-corrected chi connectivity index (χ1v) is 9.34. The van der Waals surface area contributed by atoms with Crippen molar-refractivity contribution in [2.24, 2.45) is 4.99 Å². The summed E-state index contributed by atoms with van der Waals surface area (Å²) in [6, 6.07) is 15.2. The molecule has 0 amide bonds. The molecule has 0 radical (unpaired) electrons. The molecule has 0 aliphatic heterocycles. The summed E-state index contributed by atoms with van der Waals surface area (Å²) in [6.45, 7) is 5.05. The van der Waals surface area contributed by atoms with Crippen LogP contribution >= 0.6 is 11.3 Å². The molecule has 0 spiro atoms. The van der Waals surface area contributed by atoms with E-state index >= 15 is 0 Å². The number of hydrogen-bond donors (Lipinski definition) is 2. The second-order valence-corrected chi connectivity index (χ2v) is 7.41. The monoisotopic (exact) mass is 352 g/mol. The van der Waals surface area contributed by atoms with Gasteiger partial charge in [-0.05, 0) is 36.2 Å². The summed E-state index contributed by atoms with van der Waals surface area (Å²) in [5.41, 5.74) is 1.25. The van der Waals surface area contributed by atoms with Crippen molar-refractivity contribution in [3.05, 3.63) is 64.1 Å². The third kappa shape index (κ3) is 4.57. The normalized spacial score (nSPS) is 13.0. The number of fused-ring (bicyclic) bond motifs is 1. The Hall–Kier alpha value is -2.40. The molecule has 4 nitrogen and oxygen atoms in total. The van der Waals surface area contributed by atoms with E-state index in [9.17, 15) is 0 Å². The Morgan fingerprint density at radius 2 is 2.00 bits per heavy atom. The average Bonchev–Trinajstić information content (AvgIpc) is 3.05. The molecular weight excluding hydrogens is 328 g/mol. The SMILES string of the molecule is CN=C(NCCc1ncc(C)s1)NC(C)c1ccc2ccccc2c1. The second kappa shape index (κ2) is 8.12. The zero-order chi connectivity index (χ0) is 17.6. The molecule has 0 fully saturated rings. The number of aryl methyl sites for hydroxylation is 1. The molecule has 0 saturated carbocycles. The highest BCUT2D eigenvalue weighted by Crippen LogP contribution is 2.20. The Bertz CT molecular complexity index is 869. The summed E-state index contributed by atoms with van der Waals surface area (Å²) in [5, 5.41) is 10.5. The van der Waals surface area contributed by atoms with Gasteiger partial charge in [-0.3, -0.25) is 4.99 Å². The van der Waals surface area contributed by atoms with Gasteiger partial charge in [0.05, 0.1) is 11.0 Å². The number of hydrogen-bond acceptors (Lipinski definition) is 3. The molecule has 0 saturated heterocycles. The van der Waals surface area contributed by atoms with Crippen LogP contribution in [0.25, 0.3) is 10.8 Å². The van der Waals surface area contributed by atoms with Crippen LogP contribution in [-0.4, -0.2) is 24.5 Å². The van der Waals surface area contributed by atoms with Gasteiger partial charge in [0.25, 0.3) is 0 Å². The average molecular weight is 353 g/mol. The van der Waals surface area contributed by atoms with Crippen LogP contribution in [-0.2, 0) is 6.42 Å². The van der Waals surface area contributed by atoms with Crippen LogP contribution < -0.4 is 10.6 Å². The number of nitrogens with zero attached hydrogens (tertiary/aromatic N) is 2. The maximum absolute atomic E-state index is 4.39. The van der Waals surface area contributed by atoms with Gasteiger partial charge >= 0.3 is 0 Å². The number of aliphatic imine (C=N–C) groups is 1. The molecule has 130 valence electrons. The fourth-order valence-electron chi connectivity index (χ4n) is 2.77. The van der Waals surface area contributed by atoms with Crippen molar-refractivity contribution in [1.29, 1.82) is 0 Å². The summed E-state index contributed by atoms with van der Waals surface area (Å²) in [4.78, 5) is 9.98. The molecule has 2 N–H and O–H groups in total. The van der Waals surface area contributed by atoms with E-state index in [-0.39, 0.29) is 6.04 Å². The third-order valence-corrected chi connectivity index (χ3v) is 5.12. The number of thiazole rings is 1. The van der Waals surface area contributed by atoms with Crippen molar-refractivity contribution < 1.29 is 0 Å². The summed E-state index contributed by atoms with van der Waals surface area (Å²) in [6.07, 6.45) is 2.83. The quantitative estimate of drug-likeness (QED) is 0.537. The number of rotatable bonds is 5. The van der Waals surface area contributed by atoms with E-state index in [2.05, 4.69) is 76.9 Å². The Balaban J connectivity index is 1.58. The van der Waals surface area contributed by atoms with Gasteiger partial charge in [0, 0.05) is 31.1 Å². The van der Waals surface area contributed by atoms with E-state index in [1.54, 1.807) is 18.4 Å². The van der Waals surface area contributed by atoms with Gasteiger partial charge in [-0.15, -0.1) is 11.3 Å². The molecule has 0 bridgehead atoms. The summed E-state index contributed by atoms with van der Waals surface area (Å²) in [7, 11) is 1.80. The highest BCUT2D eigenvalue weighted by molar-refractivity contribution is 7.11. The number of benzene rings is 2. The highest BCUT2D eigenvalue weighted by atomic mass is 32.1. The molecule has 3 aromatic rings. The van der Waals surface area contributed by atoms with Crippen molar-refractivity contribution in [3.8, 4) is 0 Å². The Kier molecular flexibility index (Phi) is 5.66. The minimum atomic E-state index is 0.179. The van der Waals surface area contributed by atoms with Gasteiger partial charge in [-0.1, -0.05) is 36.4 Å². The molecule has 1 heterocycles. The van der Waals surface area contributed by atoms with Gasteiger partial charge < -0.3 is 10.6 Å². The van der Waals surface area contributed by atoms with Crippen LogP contribution in [0.4, 0.5) is 0 Å². The maximum atomic E-state index is 4.39. The Morgan fingerprint density at radius 3 is 2.72 bits per heavy atom. The lowest BCUT2D eigenvalue weighted by Gasteiger charge is -2.18. The van der Waals surface area contributed by atoms with Gasteiger partial charge in [-0.2, -0.15) is 0 Å². The first-order valence-electron chi connectivity index (χ1n) is 8.53. The first kappa shape index (κ1) is 17.4. The van der Waals surface area contributed by atoms with Crippen molar-refractivity contribution >= 4 is 28.1 Å². The lowest BCUT2D eigenvalue weighted by atomic mass is 10.0. The van der Waals surface area contributed by atoms with Gasteiger partial charge in [0.2, 0.25) is 0 Å². The van der Waals surface area contributed by atoms with Crippen LogP contribution in [0.15, 0.2) is 53.7 Å². The number of aromatic nitrogens is 1. The second-order valence-electron chi connectivity index (χ2n) is 6.09. The largest absolute Gasteiger partial charge is 0.356 e. The van der Waals surface area contributed by atoms with Crippen LogP contribution in [0.1, 0.15) is 28.4 Å². The number of nitrogens with one attached hydrogen (secondary N) is 2. The molecule has 0 aliphatic carbocycles. The molecule has 0 aliphatic rings. The summed E-state index contributed by atoms with van der Waals surface area (Å²) < 4.78 is 0. The summed E-state index contributed by atoms with van der Waals surface area (Å²) in [5.74, 6) is 0.814. The van der Waals surface area contributed by atoms with Crippen molar-refractivity contribution in [2.45, 2.75) is 26.3 Å². The topological polar surface area (TPSA) is 49.3 Å². The van der Waals surface area contributed by atoms with E-state index in [0.29, 0.717) is 0 Å². The lowest BCUT2D eigenvalue weighted by Crippen LogP contribution is -2.39. The molecule has 2 aromatic carbocycles. The predicted molar refractivity (Wildman–Crippen MR) is 107 cm³/mol. The van der Waals surface area contributed by atoms with Crippen LogP contribution in [0.2, 0.25) is 0 Å². The highest BCUT2D eigenvalue weighted by Gasteiger charge is 2.08. The third-order valence-electron chi connectivity index (χ3n) is 4.15. The van der Waals surface area contributed by atoms with Crippen molar-refractivity contribution in [3.63, 3.8) is 0 Å². The van der Waals surface area contributed by atoms with Crippen LogP contribution in [0, 0.1) is 6.92 Å². The molecule has 3 rings (SSSR count). The zero-order valence-electron chi connectivity index (χ0n) is 14.9. The number of guanidine groups is 1. The minimum absolute atomic E-state index is 0.179. The van der Waals surface area contributed by atoms with Crippen molar-refractivity contribution in [2.75, 3.05) is 13.6 Å². The molecule has 25 heavy (non-hydrogen) atoms. The fourth-order valence-corrected chi connectivity index (χ4v) is 3.55. The smallest absolute Gasteiger partial charge is 0.191 e. The first-order chi connectivity index (χ1) is 12.2. The molecular formula is C20H24N4S. The summed E-state index contributed by atoms with van der Waals surface area (Å²) >= 11 is 1.75. The molecule has 1 aromatic heterocycles. The van der Waals surface area contributed by atoms with Crippen molar-refractivity contribution in [1.82, 2.24) is 15.6 Å². The van der Waals surface area contributed by atoms with E-state index in [4.69, 9.17) is 0 Å². The molecule has 1 unspecified atom stereocenters. The van der Waals surface area contributed by atoms with E-state index in [1.165, 1.54) is 21.2 Å². The van der Waals surface area contributed by atoms with Crippen LogP contribution in [0.5, 0.6) is 0 Å². The Labute approximate surface area is 153 Å². The van der Waals surface area contributed by atoms with E-state index < -0.39 is 0 Å². The predicted octanol–water partition coefficient (Wildman–Crippen LogP) is 4.07. The van der Waals surface area contributed by atoms with E-state index in [0.717, 1.165) is 23.9 Å². The Morgan fingerprint density at radius 1 is 1.20 bits per heavy atom. The lowest BCUT2D eigenvalue weighted by molar-refractivity contribution is 0.685. The fraction of sp³-hybridized carbons (Fsp3) is 0.300.